The molecule has 0 aliphatic rings. The molecule has 0 aliphatic carbocycles. The Kier molecular flexibility index (Phi) is 3.74. The van der Waals surface area contributed by atoms with Crippen LogP contribution < -0.4 is 10.2 Å². The summed E-state index contributed by atoms with van der Waals surface area (Å²) < 4.78 is 11.0. The molecule has 116 valence electrons. The van der Waals surface area contributed by atoms with E-state index in [4.69, 9.17) is 9.15 Å². The monoisotopic (exact) mass is 308 g/mol. The van der Waals surface area contributed by atoms with E-state index in [0.717, 1.165) is 16.7 Å². The Labute approximate surface area is 133 Å². The van der Waals surface area contributed by atoms with Crippen molar-refractivity contribution < 1.29 is 13.9 Å². The number of carbonyl (C=O) groups is 1. The molecule has 0 radical (unpaired) electrons. The largest absolute Gasteiger partial charge is 0.449 e. The van der Waals surface area contributed by atoms with Crippen molar-refractivity contribution in [2.24, 2.45) is 0 Å². The first-order valence-electron chi connectivity index (χ1n) is 7.29. The molecule has 4 nitrogen and oxygen atoms in total. The minimum absolute atomic E-state index is 0.103. The maximum Gasteiger partial charge on any atom is 0.379 e. The number of hydrogen-bond donors (Lipinski definition) is 0. The van der Waals surface area contributed by atoms with Crippen LogP contribution in [0.25, 0.3) is 11.0 Å². The number of hydrogen-bond acceptors (Lipinski definition) is 4. The van der Waals surface area contributed by atoms with Crippen molar-refractivity contribution in [3.8, 4) is 5.75 Å². The second-order valence-electron chi connectivity index (χ2n) is 5.51. The number of carbonyl (C=O) groups excluding carboxylic acids is 1. The number of aryl methyl sites for hydroxylation is 2. The van der Waals surface area contributed by atoms with E-state index < -0.39 is 5.97 Å². The molecular weight excluding hydrogens is 292 g/mol. The normalized spacial score (nSPS) is 10.7. The molecule has 0 spiro atoms. The van der Waals surface area contributed by atoms with Gasteiger partial charge in [0.1, 0.15) is 11.3 Å². The number of para-hydroxylation sites is 1. The van der Waals surface area contributed by atoms with Gasteiger partial charge in [-0.2, -0.15) is 0 Å². The number of benzene rings is 2. The van der Waals surface area contributed by atoms with Crippen LogP contribution in [-0.4, -0.2) is 5.97 Å². The predicted molar refractivity (Wildman–Crippen MR) is 88.1 cm³/mol. The zero-order valence-electron chi connectivity index (χ0n) is 13.2. The van der Waals surface area contributed by atoms with Gasteiger partial charge in [-0.1, -0.05) is 24.3 Å². The molecule has 0 saturated carbocycles. The van der Waals surface area contributed by atoms with Crippen LogP contribution in [0.4, 0.5) is 0 Å². The number of esters is 1. The molecule has 0 saturated heterocycles. The van der Waals surface area contributed by atoms with Gasteiger partial charge >= 0.3 is 5.97 Å². The van der Waals surface area contributed by atoms with Crippen LogP contribution in [0.3, 0.4) is 0 Å². The summed E-state index contributed by atoms with van der Waals surface area (Å²) in [7, 11) is 0. The summed E-state index contributed by atoms with van der Waals surface area (Å²) >= 11 is 0. The molecule has 3 rings (SSSR count). The first-order chi connectivity index (χ1) is 11.0. The highest BCUT2D eigenvalue weighted by atomic mass is 16.5. The van der Waals surface area contributed by atoms with Crippen molar-refractivity contribution in [1.82, 2.24) is 0 Å². The van der Waals surface area contributed by atoms with Gasteiger partial charge in [-0.25, -0.2) is 4.79 Å². The van der Waals surface area contributed by atoms with E-state index in [-0.39, 0.29) is 11.2 Å². The Morgan fingerprint density at radius 1 is 1.00 bits per heavy atom. The van der Waals surface area contributed by atoms with Crippen molar-refractivity contribution in [3.05, 3.63) is 75.1 Å². The lowest BCUT2D eigenvalue weighted by Crippen LogP contribution is -2.14. The van der Waals surface area contributed by atoms with E-state index in [2.05, 4.69) is 0 Å². The molecular formula is C19H16O4. The Morgan fingerprint density at radius 3 is 2.48 bits per heavy atom. The van der Waals surface area contributed by atoms with Crippen LogP contribution in [-0.2, 0) is 0 Å². The number of ether oxygens (including phenoxy) is 1. The van der Waals surface area contributed by atoms with Gasteiger partial charge in [0.05, 0.1) is 5.39 Å². The first kappa shape index (κ1) is 15.0. The van der Waals surface area contributed by atoms with Crippen LogP contribution in [0.1, 0.15) is 27.2 Å². The van der Waals surface area contributed by atoms with Crippen LogP contribution in [0, 0.1) is 20.8 Å². The minimum atomic E-state index is -0.676. The highest BCUT2D eigenvalue weighted by molar-refractivity contribution is 5.90. The van der Waals surface area contributed by atoms with Gasteiger partial charge in [0.15, 0.2) is 5.43 Å². The summed E-state index contributed by atoms with van der Waals surface area (Å²) in [5.74, 6) is -0.274. The van der Waals surface area contributed by atoms with E-state index in [1.807, 2.05) is 32.9 Å². The number of fused-ring (bicyclic) bond motifs is 1. The topological polar surface area (TPSA) is 56.5 Å². The number of rotatable bonds is 2. The Balaban J connectivity index is 2.02. The fourth-order valence-corrected chi connectivity index (χ4v) is 2.43. The molecule has 0 atom stereocenters. The molecule has 0 unspecified atom stereocenters. The van der Waals surface area contributed by atoms with Gasteiger partial charge in [0.25, 0.3) is 0 Å². The van der Waals surface area contributed by atoms with Crippen molar-refractivity contribution in [2.75, 3.05) is 0 Å². The van der Waals surface area contributed by atoms with E-state index in [9.17, 15) is 9.59 Å². The molecule has 0 amide bonds. The molecule has 0 fully saturated rings. The third-order valence-corrected chi connectivity index (χ3v) is 3.90. The lowest BCUT2D eigenvalue weighted by molar-refractivity contribution is 0.0699. The smallest absolute Gasteiger partial charge is 0.379 e. The highest BCUT2D eigenvalue weighted by Gasteiger charge is 2.17. The van der Waals surface area contributed by atoms with E-state index in [1.165, 1.54) is 6.07 Å². The van der Waals surface area contributed by atoms with Gasteiger partial charge in [-0.05, 0) is 49.6 Å². The van der Waals surface area contributed by atoms with Gasteiger partial charge in [0.2, 0.25) is 5.76 Å². The molecule has 23 heavy (non-hydrogen) atoms. The second kappa shape index (κ2) is 5.72. The van der Waals surface area contributed by atoms with Gasteiger partial charge in [-0.15, -0.1) is 0 Å². The summed E-state index contributed by atoms with van der Waals surface area (Å²) in [6.45, 7) is 5.70. The average Bonchev–Trinajstić information content (AvgIpc) is 2.55. The van der Waals surface area contributed by atoms with Crippen molar-refractivity contribution in [3.63, 3.8) is 0 Å². The van der Waals surface area contributed by atoms with E-state index in [1.54, 1.807) is 24.3 Å². The molecule has 0 aliphatic heterocycles. The summed E-state index contributed by atoms with van der Waals surface area (Å²) in [4.78, 5) is 24.4. The minimum Gasteiger partial charge on any atom is -0.449 e. The van der Waals surface area contributed by atoms with Gasteiger partial charge in [-0.3, -0.25) is 4.79 Å². The predicted octanol–water partition coefficient (Wildman–Crippen LogP) is 3.94. The first-order valence-corrected chi connectivity index (χ1v) is 7.29. The highest BCUT2D eigenvalue weighted by Crippen LogP contribution is 2.26. The van der Waals surface area contributed by atoms with E-state index in [0.29, 0.717) is 16.7 Å². The van der Waals surface area contributed by atoms with Crippen LogP contribution in [0.5, 0.6) is 5.75 Å². The second-order valence-corrected chi connectivity index (χ2v) is 5.51. The zero-order chi connectivity index (χ0) is 16.6. The third-order valence-electron chi connectivity index (χ3n) is 3.90. The lowest BCUT2D eigenvalue weighted by atomic mass is 10.1. The zero-order valence-corrected chi connectivity index (χ0v) is 13.2. The molecule has 2 aromatic carbocycles. The van der Waals surface area contributed by atoms with Crippen molar-refractivity contribution in [1.29, 1.82) is 0 Å². The quantitative estimate of drug-likeness (QED) is 0.531. The fraction of sp³-hybridized carbons (Fsp3) is 0.158. The summed E-state index contributed by atoms with van der Waals surface area (Å²) in [5.41, 5.74) is 2.87. The van der Waals surface area contributed by atoms with Gasteiger partial charge in [0, 0.05) is 6.07 Å². The molecule has 0 N–H and O–H groups in total. The van der Waals surface area contributed by atoms with Crippen LogP contribution >= 0.6 is 0 Å². The summed E-state index contributed by atoms with van der Waals surface area (Å²) in [6, 6.07) is 11.8. The molecule has 4 heteroatoms. The molecule has 1 heterocycles. The summed E-state index contributed by atoms with van der Waals surface area (Å²) in [6.07, 6.45) is 0. The molecule has 0 bridgehead atoms. The maximum atomic E-state index is 12.4. The Morgan fingerprint density at radius 2 is 1.70 bits per heavy atom. The standard InChI is InChI=1S/C19H16O4/c1-11-8-9-12(2)18(13(11)3)23-19(21)17-10-15(20)14-6-4-5-7-16(14)22-17/h4-10H,1-3H3. The summed E-state index contributed by atoms with van der Waals surface area (Å²) in [5, 5.41) is 0.437. The van der Waals surface area contributed by atoms with Gasteiger partial charge < -0.3 is 9.15 Å². The maximum absolute atomic E-state index is 12.4. The average molecular weight is 308 g/mol. The Bertz CT molecular complexity index is 967. The lowest BCUT2D eigenvalue weighted by Gasteiger charge is -2.12. The SMILES string of the molecule is Cc1ccc(C)c(OC(=O)c2cc(=O)c3ccccc3o2)c1C. The van der Waals surface area contributed by atoms with Crippen molar-refractivity contribution in [2.45, 2.75) is 20.8 Å². The third kappa shape index (κ3) is 2.75. The van der Waals surface area contributed by atoms with E-state index >= 15 is 0 Å². The molecule has 3 aromatic rings. The molecule has 1 aromatic heterocycles. The van der Waals surface area contributed by atoms with Crippen molar-refractivity contribution >= 4 is 16.9 Å². The van der Waals surface area contributed by atoms with Crippen LogP contribution in [0.2, 0.25) is 0 Å². The Hall–Kier alpha value is -2.88. The fourth-order valence-electron chi connectivity index (χ4n) is 2.43. The van der Waals surface area contributed by atoms with Crippen LogP contribution in [0.15, 0.2) is 51.7 Å².